The lowest BCUT2D eigenvalue weighted by atomic mass is 9.77. The van der Waals surface area contributed by atoms with Crippen LogP contribution >= 0.6 is 27.5 Å². The van der Waals surface area contributed by atoms with Gasteiger partial charge in [-0.2, -0.15) is 0 Å². The van der Waals surface area contributed by atoms with Gasteiger partial charge in [-0.1, -0.05) is 17.7 Å². The molecule has 1 aromatic heterocycles. The highest BCUT2D eigenvalue weighted by Gasteiger charge is 2.52. The smallest absolute Gasteiger partial charge is 0.400 e. The molecular weight excluding hydrogens is 354 g/mol. The maximum absolute atomic E-state index is 6.02. The zero-order valence-electron chi connectivity index (χ0n) is 12.6. The minimum Gasteiger partial charge on any atom is -0.400 e. The predicted molar refractivity (Wildman–Crippen MR) is 90.1 cm³/mol. The van der Waals surface area contributed by atoms with Crippen LogP contribution in [0.4, 0.5) is 0 Å². The molecule has 0 unspecified atom stereocenters. The summed E-state index contributed by atoms with van der Waals surface area (Å²) >= 11 is 9.39. The van der Waals surface area contributed by atoms with E-state index in [-0.39, 0.29) is 11.2 Å². The lowest BCUT2D eigenvalue weighted by Gasteiger charge is -2.32. The normalized spacial score (nSPS) is 20.9. The van der Waals surface area contributed by atoms with E-state index in [1.807, 2.05) is 33.8 Å². The van der Waals surface area contributed by atoms with Gasteiger partial charge in [0, 0.05) is 17.2 Å². The Morgan fingerprint density at radius 1 is 1.38 bits per heavy atom. The Morgan fingerprint density at radius 3 is 2.48 bits per heavy atom. The van der Waals surface area contributed by atoms with Gasteiger partial charge in [0.25, 0.3) is 0 Å². The van der Waals surface area contributed by atoms with Crippen molar-refractivity contribution in [1.82, 2.24) is 4.98 Å². The van der Waals surface area contributed by atoms with E-state index in [4.69, 9.17) is 26.6 Å². The summed E-state index contributed by atoms with van der Waals surface area (Å²) in [4.78, 5) is 4.01. The fourth-order valence-electron chi connectivity index (χ4n) is 1.96. The number of nitrogens with zero attached hydrogens (tertiary/aromatic N) is 1. The Balaban J connectivity index is 2.33. The first kappa shape index (κ1) is 17.0. The van der Waals surface area contributed by atoms with Crippen molar-refractivity contribution >= 4 is 40.7 Å². The average Bonchev–Trinajstić information content (AvgIpc) is 2.59. The summed E-state index contributed by atoms with van der Waals surface area (Å²) in [5.74, 6) is 0. The van der Waals surface area contributed by atoms with Crippen LogP contribution in [0.5, 0.6) is 0 Å². The van der Waals surface area contributed by atoms with Gasteiger partial charge in [-0.3, -0.25) is 0 Å². The van der Waals surface area contributed by atoms with Crippen LogP contribution in [0, 0.1) is 0 Å². The molecule has 0 bridgehead atoms. The summed E-state index contributed by atoms with van der Waals surface area (Å²) in [5, 5.41) is 0.426. The molecule has 1 aliphatic heterocycles. The summed E-state index contributed by atoms with van der Waals surface area (Å²) in [6.07, 6.45) is 3.59. The fourth-order valence-corrected chi connectivity index (χ4v) is 2.45. The highest BCUT2D eigenvalue weighted by molar-refractivity contribution is 9.10. The second-order valence-corrected chi connectivity index (χ2v) is 7.28. The molecule has 0 saturated carbocycles. The summed E-state index contributed by atoms with van der Waals surface area (Å²) in [6, 6.07) is 1.77. The zero-order chi connectivity index (χ0) is 15.8. The summed E-state index contributed by atoms with van der Waals surface area (Å²) in [6.45, 7) is 8.39. The van der Waals surface area contributed by atoms with E-state index in [9.17, 15) is 0 Å². The Kier molecular flexibility index (Phi) is 4.86. The number of halogens is 2. The van der Waals surface area contributed by atoms with Crippen LogP contribution < -0.4 is 5.73 Å². The van der Waals surface area contributed by atoms with Crippen LogP contribution in [-0.2, 0) is 9.31 Å². The molecule has 1 aromatic rings. The molecule has 0 aliphatic carbocycles. The van der Waals surface area contributed by atoms with Gasteiger partial charge in [0.15, 0.2) is 0 Å². The van der Waals surface area contributed by atoms with Crippen LogP contribution in [0.3, 0.4) is 0 Å². The number of hydrogen-bond donors (Lipinski definition) is 1. The summed E-state index contributed by atoms with van der Waals surface area (Å²) in [7, 11) is -0.459. The molecule has 2 heterocycles. The number of pyridine rings is 1. The van der Waals surface area contributed by atoms with Crippen molar-refractivity contribution in [2.45, 2.75) is 38.9 Å². The SMILES string of the molecule is CC1(C)OB(C(=Cc2cc(Cl)ncc2Br)CN)OC1(C)C. The molecule has 114 valence electrons. The van der Waals surface area contributed by atoms with Crippen LogP contribution in [-0.4, -0.2) is 29.8 Å². The highest BCUT2D eigenvalue weighted by Crippen LogP contribution is 2.38. The molecule has 2 rings (SSSR count). The fraction of sp³-hybridized carbons (Fsp3) is 0.500. The van der Waals surface area contributed by atoms with Gasteiger partial charge >= 0.3 is 7.12 Å². The molecule has 0 spiro atoms. The van der Waals surface area contributed by atoms with Gasteiger partial charge < -0.3 is 15.0 Å². The number of hydrogen-bond acceptors (Lipinski definition) is 4. The van der Waals surface area contributed by atoms with Gasteiger partial charge in [-0.25, -0.2) is 4.98 Å². The van der Waals surface area contributed by atoms with Crippen molar-refractivity contribution in [3.63, 3.8) is 0 Å². The van der Waals surface area contributed by atoms with Crippen molar-refractivity contribution in [3.8, 4) is 0 Å². The van der Waals surface area contributed by atoms with Gasteiger partial charge in [-0.05, 0) is 60.7 Å². The standard InChI is InChI=1S/C14H19BBrClN2O2/c1-13(2)14(3,4)21-15(20-13)10(7-18)5-9-6-12(17)19-8-11(9)16/h5-6,8H,7,18H2,1-4H3. The Bertz CT molecular complexity index is 562. The van der Waals surface area contributed by atoms with Crippen LogP contribution in [0.2, 0.25) is 5.15 Å². The minimum absolute atomic E-state index is 0.337. The van der Waals surface area contributed by atoms with E-state index < -0.39 is 7.12 Å². The Hall–Kier alpha value is -0.395. The van der Waals surface area contributed by atoms with Crippen LogP contribution in [0.15, 0.2) is 22.2 Å². The second-order valence-electron chi connectivity index (χ2n) is 6.04. The third-order valence-corrected chi connectivity index (χ3v) is 4.85. The first-order valence-electron chi connectivity index (χ1n) is 6.73. The van der Waals surface area contributed by atoms with E-state index in [1.54, 1.807) is 12.3 Å². The molecule has 0 atom stereocenters. The monoisotopic (exact) mass is 372 g/mol. The van der Waals surface area contributed by atoms with Gasteiger partial charge in [0.05, 0.1) is 11.2 Å². The predicted octanol–water partition coefficient (Wildman–Crippen LogP) is 3.47. The van der Waals surface area contributed by atoms with Crippen LogP contribution in [0.25, 0.3) is 6.08 Å². The molecule has 1 fully saturated rings. The molecule has 2 N–H and O–H groups in total. The number of rotatable bonds is 3. The molecular formula is C14H19BBrClN2O2. The maximum atomic E-state index is 6.02. The van der Waals surface area contributed by atoms with E-state index in [1.165, 1.54) is 0 Å². The van der Waals surface area contributed by atoms with Crippen molar-refractivity contribution in [1.29, 1.82) is 0 Å². The first-order valence-corrected chi connectivity index (χ1v) is 7.90. The van der Waals surface area contributed by atoms with Gasteiger partial charge in [0.1, 0.15) is 5.15 Å². The van der Waals surface area contributed by atoms with Gasteiger partial charge in [0.2, 0.25) is 0 Å². The van der Waals surface area contributed by atoms with Crippen molar-refractivity contribution in [2.75, 3.05) is 6.54 Å². The molecule has 4 nitrogen and oxygen atoms in total. The molecule has 1 saturated heterocycles. The van der Waals surface area contributed by atoms with E-state index in [2.05, 4.69) is 20.9 Å². The zero-order valence-corrected chi connectivity index (χ0v) is 15.0. The molecule has 0 aromatic carbocycles. The summed E-state index contributed by atoms with van der Waals surface area (Å²) in [5.41, 5.74) is 6.85. The third-order valence-electron chi connectivity index (χ3n) is 3.98. The van der Waals surface area contributed by atoms with Crippen molar-refractivity contribution < 1.29 is 9.31 Å². The minimum atomic E-state index is -0.459. The largest absolute Gasteiger partial charge is 0.491 e. The lowest BCUT2D eigenvalue weighted by molar-refractivity contribution is 0.00578. The van der Waals surface area contributed by atoms with E-state index in [0.29, 0.717) is 11.7 Å². The Morgan fingerprint density at radius 2 is 1.95 bits per heavy atom. The molecule has 21 heavy (non-hydrogen) atoms. The average molecular weight is 373 g/mol. The molecule has 7 heteroatoms. The number of nitrogens with two attached hydrogens (primary N) is 1. The third kappa shape index (κ3) is 3.51. The Labute approximate surface area is 139 Å². The van der Waals surface area contributed by atoms with Crippen molar-refractivity contribution in [3.05, 3.63) is 32.9 Å². The first-order chi connectivity index (χ1) is 9.66. The van der Waals surface area contributed by atoms with E-state index in [0.717, 1.165) is 15.5 Å². The van der Waals surface area contributed by atoms with Gasteiger partial charge in [-0.15, -0.1) is 0 Å². The lowest BCUT2D eigenvalue weighted by Crippen LogP contribution is -2.41. The second kappa shape index (κ2) is 6.01. The molecule has 0 amide bonds. The van der Waals surface area contributed by atoms with Crippen molar-refractivity contribution in [2.24, 2.45) is 5.73 Å². The van der Waals surface area contributed by atoms with Crippen LogP contribution in [0.1, 0.15) is 33.3 Å². The van der Waals surface area contributed by atoms with E-state index >= 15 is 0 Å². The molecule has 1 aliphatic rings. The molecule has 0 radical (unpaired) electrons. The topological polar surface area (TPSA) is 57.4 Å². The summed E-state index contributed by atoms with van der Waals surface area (Å²) < 4.78 is 12.9. The quantitative estimate of drug-likeness (QED) is 0.651. The maximum Gasteiger partial charge on any atom is 0.491 e. The number of aromatic nitrogens is 1. The highest BCUT2D eigenvalue weighted by atomic mass is 79.9.